The van der Waals surface area contributed by atoms with Crippen LogP contribution in [0.3, 0.4) is 0 Å². The SMILES string of the molecule is O=C1CCC2(C(=O)NCc3ccc(F)cc3)CCC=C2N1C1CCCC1. The van der Waals surface area contributed by atoms with E-state index >= 15 is 0 Å². The summed E-state index contributed by atoms with van der Waals surface area (Å²) in [6.45, 7) is 0.380. The van der Waals surface area contributed by atoms with Crippen LogP contribution in [-0.2, 0) is 16.1 Å². The molecule has 1 atom stereocenters. The summed E-state index contributed by atoms with van der Waals surface area (Å²) < 4.78 is 13.0. The highest BCUT2D eigenvalue weighted by molar-refractivity contribution is 5.91. The van der Waals surface area contributed by atoms with Gasteiger partial charge in [0.1, 0.15) is 5.82 Å². The van der Waals surface area contributed by atoms with Crippen LogP contribution in [-0.4, -0.2) is 22.8 Å². The molecule has 26 heavy (non-hydrogen) atoms. The Morgan fingerprint density at radius 2 is 1.92 bits per heavy atom. The molecule has 2 amide bonds. The van der Waals surface area contributed by atoms with Crippen molar-refractivity contribution in [2.75, 3.05) is 0 Å². The first kappa shape index (κ1) is 17.3. The fourth-order valence-corrected chi connectivity index (χ4v) is 4.80. The molecule has 1 saturated heterocycles. The molecule has 0 aromatic heterocycles. The number of likely N-dealkylation sites (tertiary alicyclic amines) is 1. The minimum Gasteiger partial charge on any atom is -0.351 e. The second-order valence-electron chi connectivity index (χ2n) is 7.72. The van der Waals surface area contributed by atoms with Gasteiger partial charge in [0.15, 0.2) is 0 Å². The van der Waals surface area contributed by atoms with Crippen LogP contribution >= 0.6 is 0 Å². The molecule has 4 rings (SSSR count). The van der Waals surface area contributed by atoms with Crippen LogP contribution in [0.25, 0.3) is 0 Å². The van der Waals surface area contributed by atoms with Gasteiger partial charge >= 0.3 is 0 Å². The first-order chi connectivity index (χ1) is 12.6. The maximum absolute atomic E-state index is 13.1. The zero-order chi connectivity index (χ0) is 18.1. The standard InChI is InChI=1S/C21H25FN2O2/c22-16-9-7-15(8-10-16)14-23-20(26)21-12-3-6-18(21)24(19(25)11-13-21)17-4-1-2-5-17/h6-10,17H,1-5,11-14H2,(H,23,26). The van der Waals surface area contributed by atoms with Gasteiger partial charge in [-0.1, -0.05) is 31.1 Å². The molecule has 138 valence electrons. The minimum atomic E-state index is -0.573. The van der Waals surface area contributed by atoms with Crippen molar-refractivity contribution < 1.29 is 14.0 Å². The van der Waals surface area contributed by atoms with Gasteiger partial charge < -0.3 is 10.2 Å². The normalized spacial score (nSPS) is 26.0. The first-order valence-electron chi connectivity index (χ1n) is 9.66. The van der Waals surface area contributed by atoms with E-state index in [0.29, 0.717) is 19.4 Å². The minimum absolute atomic E-state index is 0.000993. The highest BCUT2D eigenvalue weighted by atomic mass is 19.1. The molecule has 2 aliphatic carbocycles. The van der Waals surface area contributed by atoms with Crippen molar-refractivity contribution in [3.05, 3.63) is 47.4 Å². The highest BCUT2D eigenvalue weighted by Crippen LogP contribution is 2.50. The summed E-state index contributed by atoms with van der Waals surface area (Å²) in [6.07, 6.45) is 9.15. The number of carbonyl (C=O) groups excluding carboxylic acids is 2. The number of piperidine rings is 1. The topological polar surface area (TPSA) is 49.4 Å². The molecule has 5 heteroatoms. The molecule has 1 aromatic carbocycles. The van der Waals surface area contributed by atoms with Crippen molar-refractivity contribution in [1.29, 1.82) is 0 Å². The number of rotatable bonds is 4. The molecule has 0 spiro atoms. The van der Waals surface area contributed by atoms with E-state index in [1.54, 1.807) is 12.1 Å². The van der Waals surface area contributed by atoms with Gasteiger partial charge in [-0.15, -0.1) is 0 Å². The number of nitrogens with one attached hydrogen (secondary N) is 1. The third kappa shape index (κ3) is 2.93. The summed E-state index contributed by atoms with van der Waals surface area (Å²) in [6, 6.07) is 6.45. The van der Waals surface area contributed by atoms with Crippen LogP contribution in [0.4, 0.5) is 4.39 Å². The predicted molar refractivity (Wildman–Crippen MR) is 96.3 cm³/mol. The summed E-state index contributed by atoms with van der Waals surface area (Å²) in [5.74, 6) is -0.106. The zero-order valence-corrected chi connectivity index (χ0v) is 15.0. The number of hydrogen-bond acceptors (Lipinski definition) is 2. The number of fused-ring (bicyclic) bond motifs is 1. The molecule has 0 bridgehead atoms. The van der Waals surface area contributed by atoms with E-state index in [2.05, 4.69) is 11.4 Å². The van der Waals surface area contributed by atoms with Gasteiger partial charge in [-0.3, -0.25) is 9.59 Å². The summed E-state index contributed by atoms with van der Waals surface area (Å²) in [7, 11) is 0. The van der Waals surface area contributed by atoms with Gasteiger partial charge in [0.25, 0.3) is 0 Å². The number of benzene rings is 1. The Morgan fingerprint density at radius 1 is 1.19 bits per heavy atom. The molecule has 1 N–H and O–H groups in total. The van der Waals surface area contributed by atoms with Crippen LogP contribution in [0.2, 0.25) is 0 Å². The second-order valence-corrected chi connectivity index (χ2v) is 7.72. The van der Waals surface area contributed by atoms with Gasteiger partial charge in [-0.05, 0) is 49.8 Å². The fraction of sp³-hybridized carbons (Fsp3) is 0.524. The summed E-state index contributed by atoms with van der Waals surface area (Å²) in [4.78, 5) is 27.7. The molecule has 1 unspecified atom stereocenters. The lowest BCUT2D eigenvalue weighted by molar-refractivity contribution is -0.141. The smallest absolute Gasteiger partial charge is 0.232 e. The third-order valence-electron chi connectivity index (χ3n) is 6.18. The van der Waals surface area contributed by atoms with Crippen molar-refractivity contribution in [2.45, 2.75) is 64.0 Å². The number of carbonyl (C=O) groups is 2. The Balaban J connectivity index is 1.52. The average molecular weight is 356 g/mol. The monoisotopic (exact) mass is 356 g/mol. The van der Waals surface area contributed by atoms with Gasteiger partial charge in [-0.25, -0.2) is 4.39 Å². The Bertz CT molecular complexity index is 737. The lowest BCUT2D eigenvalue weighted by Gasteiger charge is -2.44. The van der Waals surface area contributed by atoms with Crippen LogP contribution in [0.1, 0.15) is 56.9 Å². The van der Waals surface area contributed by atoms with E-state index in [9.17, 15) is 14.0 Å². The predicted octanol–water partition coefficient (Wildman–Crippen LogP) is 3.67. The summed E-state index contributed by atoms with van der Waals surface area (Å²) in [5, 5.41) is 3.04. The number of halogens is 1. The van der Waals surface area contributed by atoms with E-state index in [-0.39, 0.29) is 23.7 Å². The maximum atomic E-state index is 13.1. The van der Waals surface area contributed by atoms with E-state index in [0.717, 1.165) is 49.8 Å². The number of nitrogens with zero attached hydrogens (tertiary/aromatic N) is 1. The molecular formula is C21H25FN2O2. The molecule has 3 aliphatic rings. The summed E-state index contributed by atoms with van der Waals surface area (Å²) in [5.41, 5.74) is 1.24. The molecule has 1 saturated carbocycles. The van der Waals surface area contributed by atoms with Crippen LogP contribution in [0, 0.1) is 11.2 Å². The maximum Gasteiger partial charge on any atom is 0.232 e. The van der Waals surface area contributed by atoms with Gasteiger partial charge in [0, 0.05) is 24.7 Å². The van der Waals surface area contributed by atoms with Crippen LogP contribution in [0.5, 0.6) is 0 Å². The number of allylic oxidation sites excluding steroid dienone is 1. The Morgan fingerprint density at radius 3 is 2.65 bits per heavy atom. The zero-order valence-electron chi connectivity index (χ0n) is 15.0. The first-order valence-corrected chi connectivity index (χ1v) is 9.66. The fourth-order valence-electron chi connectivity index (χ4n) is 4.80. The molecule has 1 heterocycles. The number of amides is 2. The third-order valence-corrected chi connectivity index (χ3v) is 6.18. The molecule has 1 aromatic rings. The van der Waals surface area contributed by atoms with Crippen LogP contribution in [0.15, 0.2) is 36.0 Å². The van der Waals surface area contributed by atoms with Crippen molar-refractivity contribution in [3.63, 3.8) is 0 Å². The second kappa shape index (κ2) is 6.86. The van der Waals surface area contributed by atoms with Gasteiger partial charge in [-0.2, -0.15) is 0 Å². The van der Waals surface area contributed by atoms with Crippen molar-refractivity contribution in [1.82, 2.24) is 10.2 Å². The molecule has 4 nitrogen and oxygen atoms in total. The molecule has 1 aliphatic heterocycles. The Kier molecular flexibility index (Phi) is 4.55. The molecule has 2 fully saturated rings. The van der Waals surface area contributed by atoms with Crippen molar-refractivity contribution in [2.24, 2.45) is 5.41 Å². The Labute approximate surface area is 153 Å². The average Bonchev–Trinajstić information content (AvgIpc) is 3.31. The van der Waals surface area contributed by atoms with E-state index in [1.165, 1.54) is 12.1 Å². The van der Waals surface area contributed by atoms with Gasteiger partial charge in [0.2, 0.25) is 11.8 Å². The molecular weight excluding hydrogens is 331 g/mol. The van der Waals surface area contributed by atoms with Crippen LogP contribution < -0.4 is 5.32 Å². The largest absolute Gasteiger partial charge is 0.351 e. The van der Waals surface area contributed by atoms with Crippen molar-refractivity contribution in [3.8, 4) is 0 Å². The number of hydrogen-bond donors (Lipinski definition) is 1. The van der Waals surface area contributed by atoms with E-state index in [1.807, 2.05) is 4.90 Å². The lowest BCUT2D eigenvalue weighted by Crippen LogP contribution is -2.52. The van der Waals surface area contributed by atoms with E-state index < -0.39 is 5.41 Å². The van der Waals surface area contributed by atoms with E-state index in [4.69, 9.17) is 0 Å². The molecule has 0 radical (unpaired) electrons. The summed E-state index contributed by atoms with van der Waals surface area (Å²) >= 11 is 0. The lowest BCUT2D eigenvalue weighted by atomic mass is 9.75. The van der Waals surface area contributed by atoms with Gasteiger partial charge in [0.05, 0.1) is 5.41 Å². The Hall–Kier alpha value is -2.17. The van der Waals surface area contributed by atoms with Crippen molar-refractivity contribution >= 4 is 11.8 Å². The highest BCUT2D eigenvalue weighted by Gasteiger charge is 2.52. The quantitative estimate of drug-likeness (QED) is 0.895.